The second-order valence-corrected chi connectivity index (χ2v) is 12.4. The van der Waals surface area contributed by atoms with Gasteiger partial charge in [0.15, 0.2) is 0 Å². The molecule has 1 radical (unpaired) electrons. The van der Waals surface area contributed by atoms with Crippen molar-refractivity contribution in [1.82, 2.24) is 35.2 Å². The van der Waals surface area contributed by atoms with Gasteiger partial charge in [0, 0.05) is 81.5 Å². The molecule has 3 rings (SSSR count). The molecule has 0 aromatic heterocycles. The molecule has 2 aliphatic heterocycles. The summed E-state index contributed by atoms with van der Waals surface area (Å²) in [5.74, 6) is -5.22. The Hall–Kier alpha value is -3.82. The largest absolute Gasteiger partial charge is 0.480 e. The molecule has 2 aliphatic rings. The summed E-state index contributed by atoms with van der Waals surface area (Å²) in [6.07, 6.45) is 1.09. The van der Waals surface area contributed by atoms with Crippen LogP contribution in [0.2, 0.25) is 0 Å². The average molecular weight is 770 g/mol. The van der Waals surface area contributed by atoms with Crippen molar-refractivity contribution in [3.63, 3.8) is 0 Å². The molecule has 0 bridgehead atoms. The van der Waals surface area contributed by atoms with Crippen molar-refractivity contribution < 1.29 is 71.2 Å². The van der Waals surface area contributed by atoms with Crippen molar-refractivity contribution >= 4 is 48.4 Å². The van der Waals surface area contributed by atoms with Gasteiger partial charge in [0.05, 0.1) is 37.8 Å². The van der Waals surface area contributed by atoms with E-state index >= 15 is 0 Å². The molecule has 3 amide bonds. The van der Waals surface area contributed by atoms with Gasteiger partial charge in [0.1, 0.15) is 6.04 Å². The van der Waals surface area contributed by atoms with Gasteiger partial charge >= 0.3 is 25.0 Å². The Morgan fingerprint density at radius 2 is 1.16 bits per heavy atom. The van der Waals surface area contributed by atoms with Crippen LogP contribution in [0, 0.1) is 0 Å². The van der Waals surface area contributed by atoms with Crippen LogP contribution in [0.5, 0.6) is 0 Å². The number of aliphatic carboxylic acids is 3. The molecule has 8 N–H and O–H groups in total. The molecule has 0 aliphatic carbocycles. The molecule has 21 heteroatoms. The molecule has 287 valence electrons. The molecule has 19 nitrogen and oxygen atoms in total. The fraction of sp³-hybridized carbons (Fsp3) is 0.600. The number of hydrogen-bond donors (Lipinski definition) is 8. The number of likely N-dealkylation sites (tertiary alicyclic amines) is 1. The van der Waals surface area contributed by atoms with E-state index in [2.05, 4.69) is 16.2 Å². The normalized spacial score (nSPS) is 19.0. The Bertz CT molecular complexity index is 1310. The maximum Gasteiger partial charge on any atom is 0.475 e. The molecule has 51 heavy (non-hydrogen) atoms. The Morgan fingerprint density at radius 1 is 0.725 bits per heavy atom. The van der Waals surface area contributed by atoms with E-state index in [1.54, 1.807) is 31.7 Å². The second kappa shape index (κ2) is 21.5. The first-order chi connectivity index (χ1) is 23.7. The van der Waals surface area contributed by atoms with E-state index in [0.29, 0.717) is 25.1 Å². The van der Waals surface area contributed by atoms with Crippen LogP contribution in [0.4, 0.5) is 5.69 Å². The predicted octanol–water partition coefficient (Wildman–Crippen LogP) is -3.28. The number of carboxylic acids is 3. The van der Waals surface area contributed by atoms with Crippen LogP contribution in [0.3, 0.4) is 0 Å². The zero-order valence-corrected chi connectivity index (χ0v) is 29.3. The number of nitrogens with one attached hydrogen (secondary N) is 3. The van der Waals surface area contributed by atoms with Crippen LogP contribution < -0.4 is 16.2 Å². The minimum absolute atomic E-state index is 0. The van der Waals surface area contributed by atoms with Gasteiger partial charge in [-0.1, -0.05) is 0 Å². The summed E-state index contributed by atoms with van der Waals surface area (Å²) in [6, 6.07) is 5.21. The van der Waals surface area contributed by atoms with Gasteiger partial charge in [-0.15, -0.1) is 0 Å². The van der Waals surface area contributed by atoms with Crippen molar-refractivity contribution in [2.24, 2.45) is 0 Å². The van der Waals surface area contributed by atoms with Crippen molar-refractivity contribution in [3.05, 3.63) is 29.8 Å². The number of nitrogens with zero attached hydrogens (tertiary/aromatic N) is 5. The van der Waals surface area contributed by atoms with E-state index in [1.807, 2.05) is 0 Å². The zero-order chi connectivity index (χ0) is 36.8. The molecule has 0 spiro atoms. The van der Waals surface area contributed by atoms with Crippen LogP contribution >= 0.6 is 0 Å². The van der Waals surface area contributed by atoms with E-state index < -0.39 is 54.7 Å². The fourth-order valence-electron chi connectivity index (χ4n) is 5.84. The van der Waals surface area contributed by atoms with Gasteiger partial charge in [-0.25, -0.2) is 0 Å². The van der Waals surface area contributed by atoms with Gasteiger partial charge in [-0.2, -0.15) is 0 Å². The Balaban J connectivity index is 0.00000901. The second-order valence-electron chi connectivity index (χ2n) is 12.4. The third-order valence-corrected chi connectivity index (χ3v) is 8.51. The summed E-state index contributed by atoms with van der Waals surface area (Å²) in [6.45, 7) is 3.11. The summed E-state index contributed by atoms with van der Waals surface area (Å²) in [5, 5.41) is 49.8. The molecule has 1 aromatic carbocycles. The molecule has 2 atom stereocenters. The minimum atomic E-state index is -1.66. The average Bonchev–Trinajstić information content (AvgIpc) is 3.55. The molecular formula is C30H47BCuN8O11. The number of amides is 3. The molecule has 0 saturated carbocycles. The summed E-state index contributed by atoms with van der Waals surface area (Å²) in [7, 11) is -1.66. The van der Waals surface area contributed by atoms with E-state index in [1.165, 1.54) is 24.0 Å². The molecule has 0 unspecified atom stereocenters. The van der Waals surface area contributed by atoms with E-state index in [4.69, 9.17) is 0 Å². The summed E-state index contributed by atoms with van der Waals surface area (Å²) in [5.41, 5.74) is 6.07. The van der Waals surface area contributed by atoms with Crippen molar-refractivity contribution in [1.29, 1.82) is 0 Å². The number of anilines is 1. The monoisotopic (exact) mass is 769 g/mol. The third kappa shape index (κ3) is 15.1. The SMILES string of the molecule is C[C@@H](NC(=O)c1ccc(NNC(=O)CN2CCN(CC(=O)O)CCN(CC(=O)O)CCN(CC(=O)O)CC2)cc1)C(=O)N1CCC[C@H]1B(O)O.[Cu]. The first-order valence-corrected chi connectivity index (χ1v) is 16.4. The maximum atomic E-state index is 12.9. The number of carbonyl (C=O) groups is 6. The molecule has 1 aromatic rings. The first kappa shape index (κ1) is 43.3. The van der Waals surface area contributed by atoms with E-state index in [9.17, 15) is 54.1 Å². The van der Waals surface area contributed by atoms with Crippen molar-refractivity contribution in [2.75, 3.05) is 90.5 Å². The summed E-state index contributed by atoms with van der Waals surface area (Å²) >= 11 is 0. The molecule has 2 fully saturated rings. The Kier molecular flexibility index (Phi) is 18.3. The van der Waals surface area contributed by atoms with Gasteiger partial charge in [-0.3, -0.25) is 59.2 Å². The van der Waals surface area contributed by atoms with Crippen LogP contribution in [0.1, 0.15) is 30.1 Å². The Labute approximate surface area is 306 Å². The zero-order valence-electron chi connectivity index (χ0n) is 28.4. The number of hydrazine groups is 1. The summed E-state index contributed by atoms with van der Waals surface area (Å²) < 4.78 is 0. The van der Waals surface area contributed by atoms with Gasteiger partial charge < -0.3 is 35.6 Å². The third-order valence-electron chi connectivity index (χ3n) is 8.51. The van der Waals surface area contributed by atoms with Crippen LogP contribution in [-0.2, 0) is 41.0 Å². The number of carbonyl (C=O) groups excluding carboxylic acids is 3. The number of benzene rings is 1. The topological polar surface area (TPSA) is 256 Å². The quantitative estimate of drug-likeness (QED) is 0.0682. The standard InChI is InChI=1S/C30H47BN8O11.Cu/c1-21(30(48)39-8-2-3-24(39)31(49)50)32-29(47)22-4-6-23(7-5-22)33-34-25(40)17-35-9-11-36(18-26(41)42)13-15-38(20-28(45)46)16-14-37(12-10-35)19-27(43)44;/h4-7,21,24,33,49-50H,2-3,8-20H2,1H3,(H,32,47)(H,34,40)(H,41,42)(H,43,44)(H,45,46);/t21-,24+;/m1./s1. The van der Waals surface area contributed by atoms with Crippen LogP contribution in [-0.4, -0.2) is 190 Å². The number of hydrogen-bond acceptors (Lipinski definition) is 13. The molecule has 2 heterocycles. The molecular weight excluding hydrogens is 723 g/mol. The fourth-order valence-corrected chi connectivity index (χ4v) is 5.84. The molecule has 2 saturated heterocycles. The smallest absolute Gasteiger partial charge is 0.475 e. The predicted molar refractivity (Wildman–Crippen MR) is 179 cm³/mol. The van der Waals surface area contributed by atoms with E-state index in [-0.39, 0.29) is 101 Å². The first-order valence-electron chi connectivity index (χ1n) is 16.4. The van der Waals surface area contributed by atoms with Crippen LogP contribution in [0.25, 0.3) is 0 Å². The maximum absolute atomic E-state index is 12.9. The minimum Gasteiger partial charge on any atom is -0.480 e. The number of rotatable bonds is 14. The van der Waals surface area contributed by atoms with Gasteiger partial charge in [-0.05, 0) is 44.0 Å². The van der Waals surface area contributed by atoms with Gasteiger partial charge in [0.25, 0.3) is 11.8 Å². The van der Waals surface area contributed by atoms with Crippen molar-refractivity contribution in [3.8, 4) is 0 Å². The van der Waals surface area contributed by atoms with Gasteiger partial charge in [0.2, 0.25) is 5.91 Å². The van der Waals surface area contributed by atoms with Crippen molar-refractivity contribution in [2.45, 2.75) is 31.7 Å². The van der Waals surface area contributed by atoms with Crippen LogP contribution in [0.15, 0.2) is 24.3 Å². The Morgan fingerprint density at radius 3 is 1.57 bits per heavy atom. The van der Waals surface area contributed by atoms with E-state index in [0.717, 1.165) is 0 Å². The summed E-state index contributed by atoms with van der Waals surface area (Å²) in [4.78, 5) is 80.9. The number of carboxylic acid groups (broad SMARTS) is 3.